The van der Waals surface area contributed by atoms with E-state index in [9.17, 15) is 0 Å². The van der Waals surface area contributed by atoms with Gasteiger partial charge in [0.15, 0.2) is 0 Å². The normalized spacial score (nSPS) is 14.4. The van der Waals surface area contributed by atoms with Crippen LogP contribution in [0.5, 0.6) is 0 Å². The summed E-state index contributed by atoms with van der Waals surface area (Å²) in [6.07, 6.45) is 0. The van der Waals surface area contributed by atoms with Crippen LogP contribution in [0.4, 0.5) is 17.1 Å². The highest BCUT2D eigenvalue weighted by molar-refractivity contribution is 6.14. The fourth-order valence-corrected chi connectivity index (χ4v) is 9.85. The Balaban J connectivity index is 1.15. The minimum atomic E-state index is -0.132. The average Bonchev–Trinajstić information content (AvgIpc) is 3.81. The minimum Gasteiger partial charge on any atom is -0.456 e. The molecule has 2 heteroatoms. The van der Waals surface area contributed by atoms with Crippen molar-refractivity contribution in [2.75, 3.05) is 4.90 Å². The molecule has 0 amide bonds. The molecule has 0 bridgehead atoms. The molecule has 0 radical (unpaired) electrons. The number of hydrogen-bond acceptors (Lipinski definition) is 2. The van der Waals surface area contributed by atoms with Crippen molar-refractivity contribution in [1.82, 2.24) is 0 Å². The summed E-state index contributed by atoms with van der Waals surface area (Å²) in [7, 11) is 0. The lowest BCUT2D eigenvalue weighted by atomic mass is 9.82. The lowest BCUT2D eigenvalue weighted by Crippen LogP contribution is -2.18. The molecule has 0 saturated heterocycles. The van der Waals surface area contributed by atoms with Crippen LogP contribution in [0.15, 0.2) is 180 Å². The van der Waals surface area contributed by atoms with Gasteiger partial charge in [-0.15, -0.1) is 0 Å². The highest BCUT2D eigenvalue weighted by Gasteiger charge is 2.38. The Bertz CT molecular complexity index is 2930. The summed E-state index contributed by atoms with van der Waals surface area (Å²) in [5.41, 5.74) is 20.3. The lowest BCUT2D eigenvalue weighted by Gasteiger charge is -2.31. The second-order valence-electron chi connectivity index (χ2n) is 16.5. The van der Waals surface area contributed by atoms with E-state index in [0.29, 0.717) is 0 Å². The van der Waals surface area contributed by atoms with Crippen molar-refractivity contribution in [2.24, 2.45) is 0 Å². The van der Waals surface area contributed by atoms with E-state index in [4.69, 9.17) is 4.42 Å². The van der Waals surface area contributed by atoms with Crippen molar-refractivity contribution in [2.45, 2.75) is 38.5 Å². The molecule has 0 saturated carbocycles. The van der Waals surface area contributed by atoms with Crippen LogP contribution < -0.4 is 4.90 Å². The number of hydrogen-bond donors (Lipinski definition) is 0. The van der Waals surface area contributed by atoms with Gasteiger partial charge >= 0.3 is 0 Å². The summed E-state index contributed by atoms with van der Waals surface area (Å²) in [4.78, 5) is 2.49. The van der Waals surface area contributed by atoms with E-state index in [1.54, 1.807) is 0 Å². The van der Waals surface area contributed by atoms with Crippen LogP contribution in [0.1, 0.15) is 49.9 Å². The molecule has 2 aliphatic rings. The smallest absolute Gasteiger partial charge is 0.136 e. The van der Waals surface area contributed by atoms with E-state index in [-0.39, 0.29) is 10.8 Å². The standard InChI is InChI=1S/C54H41NO/c1-53(2)45-21-11-8-17-38(45)40-28-26-36(32-47(40)53)55(37-27-29-41-39-18-9-12-22-46(39)54(3,4)48(41)33-37)49-23-13-10-19-42(49)43-20-14-24-51-52(43)44-31-35(25-30-50(44)56-51)34-15-6-5-7-16-34/h5-33H,1-4H3. The number of nitrogens with zero attached hydrogens (tertiary/aromatic N) is 1. The predicted octanol–water partition coefficient (Wildman–Crippen LogP) is 15.0. The quantitative estimate of drug-likeness (QED) is 0.176. The molecule has 268 valence electrons. The summed E-state index contributed by atoms with van der Waals surface area (Å²) >= 11 is 0. The van der Waals surface area contributed by atoms with E-state index >= 15 is 0 Å². The Morgan fingerprint density at radius 3 is 1.55 bits per heavy atom. The third kappa shape index (κ3) is 4.69. The van der Waals surface area contributed by atoms with Crippen LogP contribution in [0.2, 0.25) is 0 Å². The largest absolute Gasteiger partial charge is 0.456 e. The van der Waals surface area contributed by atoms with E-state index in [0.717, 1.165) is 50.1 Å². The van der Waals surface area contributed by atoms with Gasteiger partial charge in [0.2, 0.25) is 0 Å². The van der Waals surface area contributed by atoms with E-state index in [1.807, 2.05) is 0 Å². The molecule has 0 unspecified atom stereocenters. The third-order valence-corrected chi connectivity index (χ3v) is 12.7. The van der Waals surface area contributed by atoms with E-state index < -0.39 is 0 Å². The van der Waals surface area contributed by atoms with Crippen LogP contribution >= 0.6 is 0 Å². The zero-order chi connectivity index (χ0) is 37.8. The van der Waals surface area contributed by atoms with Gasteiger partial charge in [-0.05, 0) is 110 Å². The maximum absolute atomic E-state index is 6.57. The van der Waals surface area contributed by atoms with Crippen LogP contribution in [0.25, 0.3) is 66.4 Å². The van der Waals surface area contributed by atoms with Crippen LogP contribution in [0, 0.1) is 0 Å². The maximum Gasteiger partial charge on any atom is 0.136 e. The first-order chi connectivity index (χ1) is 27.3. The number of furan rings is 1. The zero-order valence-corrected chi connectivity index (χ0v) is 32.1. The molecule has 0 atom stereocenters. The second kappa shape index (κ2) is 11.9. The molecule has 0 aliphatic heterocycles. The lowest BCUT2D eigenvalue weighted by molar-refractivity contribution is 0.660. The van der Waals surface area contributed by atoms with Crippen molar-refractivity contribution >= 4 is 39.0 Å². The van der Waals surface area contributed by atoms with Crippen LogP contribution in [-0.2, 0) is 10.8 Å². The van der Waals surface area contributed by atoms with Crippen LogP contribution in [0.3, 0.4) is 0 Å². The summed E-state index contributed by atoms with van der Waals surface area (Å²) in [5, 5.41) is 2.25. The molecule has 2 nitrogen and oxygen atoms in total. The van der Waals surface area contributed by atoms with Gasteiger partial charge in [-0.25, -0.2) is 0 Å². The van der Waals surface area contributed by atoms with Gasteiger partial charge in [0.1, 0.15) is 11.2 Å². The molecular formula is C54H41NO. The first-order valence-electron chi connectivity index (χ1n) is 19.7. The number of rotatable bonds is 5. The van der Waals surface area contributed by atoms with Gasteiger partial charge < -0.3 is 9.32 Å². The predicted molar refractivity (Wildman–Crippen MR) is 234 cm³/mol. The fourth-order valence-electron chi connectivity index (χ4n) is 9.85. The molecular weight excluding hydrogens is 679 g/mol. The van der Waals surface area contributed by atoms with E-state index in [1.165, 1.54) is 55.6 Å². The summed E-state index contributed by atoms with van der Waals surface area (Å²) in [5.74, 6) is 0. The fraction of sp³-hybridized carbons (Fsp3) is 0.111. The number of para-hydroxylation sites is 1. The highest BCUT2D eigenvalue weighted by atomic mass is 16.3. The molecule has 11 rings (SSSR count). The topological polar surface area (TPSA) is 16.4 Å². The Labute approximate surface area is 328 Å². The molecule has 8 aromatic carbocycles. The van der Waals surface area contributed by atoms with E-state index in [2.05, 4.69) is 209 Å². The molecule has 2 aliphatic carbocycles. The summed E-state index contributed by atoms with van der Waals surface area (Å²) in [6, 6.07) is 64.6. The van der Waals surface area contributed by atoms with Crippen molar-refractivity contribution in [1.29, 1.82) is 0 Å². The SMILES string of the molecule is CC1(C)c2ccccc2-c2ccc(N(c3ccc4c(c3)C(C)(C)c3ccccc3-4)c3ccccc3-c3cccc4oc5ccc(-c6ccccc6)cc5c34)cc21. The average molecular weight is 720 g/mol. The molecule has 1 aromatic heterocycles. The van der Waals surface area contributed by atoms with Crippen molar-refractivity contribution in [3.63, 3.8) is 0 Å². The summed E-state index contributed by atoms with van der Waals surface area (Å²) in [6.45, 7) is 9.46. The van der Waals surface area contributed by atoms with Gasteiger partial charge in [0.05, 0.1) is 5.69 Å². The summed E-state index contributed by atoms with van der Waals surface area (Å²) < 4.78 is 6.57. The Hall–Kier alpha value is -6.64. The van der Waals surface area contributed by atoms with Gasteiger partial charge in [0, 0.05) is 38.5 Å². The monoisotopic (exact) mass is 719 g/mol. The molecule has 0 spiro atoms. The Morgan fingerprint density at radius 1 is 0.375 bits per heavy atom. The minimum absolute atomic E-state index is 0.132. The Morgan fingerprint density at radius 2 is 0.911 bits per heavy atom. The van der Waals surface area contributed by atoms with Crippen molar-refractivity contribution < 1.29 is 4.42 Å². The molecule has 0 fully saturated rings. The van der Waals surface area contributed by atoms with Gasteiger partial charge in [0.25, 0.3) is 0 Å². The molecule has 56 heavy (non-hydrogen) atoms. The zero-order valence-electron chi connectivity index (χ0n) is 32.1. The van der Waals surface area contributed by atoms with Gasteiger partial charge in [-0.3, -0.25) is 0 Å². The number of benzene rings is 8. The second-order valence-corrected chi connectivity index (χ2v) is 16.5. The first kappa shape index (κ1) is 32.8. The van der Waals surface area contributed by atoms with Gasteiger partial charge in [-0.2, -0.15) is 0 Å². The van der Waals surface area contributed by atoms with Crippen molar-refractivity contribution in [3.8, 4) is 44.5 Å². The van der Waals surface area contributed by atoms with Crippen molar-refractivity contribution in [3.05, 3.63) is 198 Å². The molecule has 9 aromatic rings. The van der Waals surface area contributed by atoms with Crippen LogP contribution in [-0.4, -0.2) is 0 Å². The maximum atomic E-state index is 6.57. The Kier molecular flexibility index (Phi) is 6.98. The molecule has 0 N–H and O–H groups in total. The molecule has 1 heterocycles. The van der Waals surface area contributed by atoms with Gasteiger partial charge in [-0.1, -0.05) is 155 Å². The highest BCUT2D eigenvalue weighted by Crippen LogP contribution is 2.54. The number of anilines is 3. The third-order valence-electron chi connectivity index (χ3n) is 12.7. The number of fused-ring (bicyclic) bond motifs is 9. The first-order valence-corrected chi connectivity index (χ1v) is 19.7.